The van der Waals surface area contributed by atoms with E-state index < -0.39 is 0 Å². The topological polar surface area (TPSA) is 78.5 Å². The molecule has 1 aliphatic heterocycles. The number of amides is 3. The molecular formula is C25H29N3O3. The lowest BCUT2D eigenvalue weighted by Crippen LogP contribution is -2.44. The lowest BCUT2D eigenvalue weighted by molar-refractivity contribution is -0.132. The molecular weight excluding hydrogens is 390 g/mol. The van der Waals surface area contributed by atoms with E-state index in [0.717, 1.165) is 11.1 Å². The Labute approximate surface area is 183 Å². The van der Waals surface area contributed by atoms with Crippen LogP contribution in [0.5, 0.6) is 0 Å². The molecule has 1 saturated heterocycles. The van der Waals surface area contributed by atoms with Crippen LogP contribution in [0.1, 0.15) is 24.0 Å². The Kier molecular flexibility index (Phi) is 8.40. The SMILES string of the molecule is O=C(Cc1ccccc1)NCCNC(=O)C1CCN(C(=O)/C=C/c2ccccc2)CC1. The third-order valence-corrected chi connectivity index (χ3v) is 5.35. The monoisotopic (exact) mass is 419 g/mol. The molecule has 2 aromatic carbocycles. The second-order valence-electron chi connectivity index (χ2n) is 7.65. The normalized spacial score (nSPS) is 14.4. The van der Waals surface area contributed by atoms with Gasteiger partial charge in [0.25, 0.3) is 0 Å². The number of carbonyl (C=O) groups excluding carboxylic acids is 3. The first-order valence-electron chi connectivity index (χ1n) is 10.7. The van der Waals surface area contributed by atoms with Gasteiger partial charge in [0.15, 0.2) is 0 Å². The molecule has 3 rings (SSSR count). The maximum Gasteiger partial charge on any atom is 0.246 e. The minimum Gasteiger partial charge on any atom is -0.354 e. The Bertz CT molecular complexity index is 889. The standard InChI is InChI=1S/C25H29N3O3/c29-23(19-21-9-5-2-6-10-21)26-15-16-27-25(31)22-13-17-28(18-14-22)24(30)12-11-20-7-3-1-4-8-20/h1-12,22H,13-19H2,(H,26,29)(H,27,31)/b12-11+. The highest BCUT2D eigenvalue weighted by atomic mass is 16.2. The molecule has 2 aromatic rings. The lowest BCUT2D eigenvalue weighted by Gasteiger charge is -2.30. The molecule has 3 amide bonds. The van der Waals surface area contributed by atoms with Gasteiger partial charge in [-0.3, -0.25) is 14.4 Å². The number of benzene rings is 2. The molecule has 0 radical (unpaired) electrons. The average Bonchev–Trinajstić information content (AvgIpc) is 2.81. The van der Waals surface area contributed by atoms with E-state index >= 15 is 0 Å². The predicted octanol–water partition coefficient (Wildman–Crippen LogP) is 2.41. The lowest BCUT2D eigenvalue weighted by atomic mass is 9.96. The van der Waals surface area contributed by atoms with Crippen molar-refractivity contribution < 1.29 is 14.4 Å². The van der Waals surface area contributed by atoms with Crippen LogP contribution in [0.3, 0.4) is 0 Å². The van der Waals surface area contributed by atoms with Crippen molar-refractivity contribution in [2.24, 2.45) is 5.92 Å². The van der Waals surface area contributed by atoms with Gasteiger partial charge < -0.3 is 15.5 Å². The summed E-state index contributed by atoms with van der Waals surface area (Å²) in [5.41, 5.74) is 1.95. The summed E-state index contributed by atoms with van der Waals surface area (Å²) >= 11 is 0. The summed E-state index contributed by atoms with van der Waals surface area (Å²) in [5, 5.41) is 5.72. The Morgan fingerprint density at radius 2 is 1.48 bits per heavy atom. The van der Waals surface area contributed by atoms with Crippen LogP contribution in [0.15, 0.2) is 66.7 Å². The molecule has 31 heavy (non-hydrogen) atoms. The van der Waals surface area contributed by atoms with Crippen LogP contribution >= 0.6 is 0 Å². The minimum atomic E-state index is -0.0952. The van der Waals surface area contributed by atoms with Crippen LogP contribution in [-0.4, -0.2) is 48.8 Å². The molecule has 0 bridgehead atoms. The van der Waals surface area contributed by atoms with Gasteiger partial charge in [-0.25, -0.2) is 0 Å². The summed E-state index contributed by atoms with van der Waals surface area (Å²) in [6, 6.07) is 19.3. The number of hydrogen-bond acceptors (Lipinski definition) is 3. The van der Waals surface area contributed by atoms with Crippen molar-refractivity contribution in [3.05, 3.63) is 77.9 Å². The molecule has 1 aliphatic rings. The summed E-state index contributed by atoms with van der Waals surface area (Å²) in [4.78, 5) is 38.5. The zero-order valence-electron chi connectivity index (χ0n) is 17.6. The molecule has 0 spiro atoms. The second-order valence-corrected chi connectivity index (χ2v) is 7.65. The van der Waals surface area contributed by atoms with Gasteiger partial charge in [-0.05, 0) is 30.0 Å². The Hall–Kier alpha value is -3.41. The van der Waals surface area contributed by atoms with Crippen LogP contribution in [0.4, 0.5) is 0 Å². The highest BCUT2D eigenvalue weighted by Gasteiger charge is 2.26. The van der Waals surface area contributed by atoms with Crippen molar-refractivity contribution in [1.29, 1.82) is 0 Å². The number of nitrogens with one attached hydrogen (secondary N) is 2. The summed E-state index contributed by atoms with van der Waals surface area (Å²) in [6.45, 7) is 1.95. The Morgan fingerprint density at radius 1 is 0.871 bits per heavy atom. The van der Waals surface area contributed by atoms with E-state index in [2.05, 4.69) is 10.6 Å². The van der Waals surface area contributed by atoms with Crippen molar-refractivity contribution in [2.75, 3.05) is 26.2 Å². The molecule has 162 valence electrons. The van der Waals surface area contributed by atoms with E-state index in [1.54, 1.807) is 11.0 Å². The van der Waals surface area contributed by atoms with E-state index in [1.165, 1.54) is 0 Å². The first-order chi connectivity index (χ1) is 15.1. The summed E-state index contributed by atoms with van der Waals surface area (Å²) in [6.07, 6.45) is 5.04. The molecule has 2 N–H and O–H groups in total. The fraction of sp³-hybridized carbons (Fsp3) is 0.320. The number of rotatable bonds is 8. The van der Waals surface area contributed by atoms with E-state index in [0.29, 0.717) is 45.4 Å². The number of carbonyl (C=O) groups is 3. The van der Waals surface area contributed by atoms with Crippen LogP contribution in [0, 0.1) is 5.92 Å². The van der Waals surface area contributed by atoms with Gasteiger partial charge >= 0.3 is 0 Å². The molecule has 0 aliphatic carbocycles. The Balaban J connectivity index is 1.31. The minimum absolute atomic E-state index is 0.00997. The third kappa shape index (κ3) is 7.41. The first kappa shape index (κ1) is 22.3. The fourth-order valence-corrected chi connectivity index (χ4v) is 3.57. The molecule has 0 unspecified atom stereocenters. The van der Waals surface area contributed by atoms with Crippen molar-refractivity contribution >= 4 is 23.8 Å². The van der Waals surface area contributed by atoms with Crippen molar-refractivity contribution in [3.8, 4) is 0 Å². The average molecular weight is 420 g/mol. The van der Waals surface area contributed by atoms with Gasteiger partial charge in [0, 0.05) is 38.2 Å². The molecule has 1 heterocycles. The smallest absolute Gasteiger partial charge is 0.246 e. The molecule has 6 nitrogen and oxygen atoms in total. The van der Waals surface area contributed by atoms with Gasteiger partial charge in [0.2, 0.25) is 17.7 Å². The second kappa shape index (κ2) is 11.7. The number of likely N-dealkylation sites (tertiary alicyclic amines) is 1. The van der Waals surface area contributed by atoms with Crippen molar-refractivity contribution in [3.63, 3.8) is 0 Å². The first-order valence-corrected chi connectivity index (χ1v) is 10.7. The Morgan fingerprint density at radius 3 is 2.16 bits per heavy atom. The van der Waals surface area contributed by atoms with Crippen molar-refractivity contribution in [1.82, 2.24) is 15.5 Å². The molecule has 0 aromatic heterocycles. The van der Waals surface area contributed by atoms with Crippen LogP contribution < -0.4 is 10.6 Å². The van der Waals surface area contributed by atoms with Crippen molar-refractivity contribution in [2.45, 2.75) is 19.3 Å². The van der Waals surface area contributed by atoms with Gasteiger partial charge in [-0.15, -0.1) is 0 Å². The van der Waals surface area contributed by atoms with Gasteiger partial charge in [0.1, 0.15) is 0 Å². The van der Waals surface area contributed by atoms with Gasteiger partial charge in [-0.2, -0.15) is 0 Å². The zero-order chi connectivity index (χ0) is 21.9. The maximum atomic E-state index is 12.4. The van der Waals surface area contributed by atoms with E-state index in [1.807, 2.05) is 66.7 Å². The summed E-state index contributed by atoms with van der Waals surface area (Å²) in [7, 11) is 0. The predicted molar refractivity (Wildman–Crippen MR) is 121 cm³/mol. The largest absolute Gasteiger partial charge is 0.354 e. The summed E-state index contributed by atoms with van der Waals surface area (Å²) in [5.74, 6) is -0.189. The van der Waals surface area contributed by atoms with E-state index in [-0.39, 0.29) is 23.6 Å². The maximum absolute atomic E-state index is 12.4. The third-order valence-electron chi connectivity index (χ3n) is 5.35. The number of piperidine rings is 1. The fourth-order valence-electron chi connectivity index (χ4n) is 3.57. The van der Waals surface area contributed by atoms with E-state index in [4.69, 9.17) is 0 Å². The number of nitrogens with zero attached hydrogens (tertiary/aromatic N) is 1. The van der Waals surface area contributed by atoms with Gasteiger partial charge in [0.05, 0.1) is 6.42 Å². The number of hydrogen-bond donors (Lipinski definition) is 2. The molecule has 0 saturated carbocycles. The van der Waals surface area contributed by atoms with E-state index in [9.17, 15) is 14.4 Å². The molecule has 6 heteroatoms. The molecule has 1 fully saturated rings. The summed E-state index contributed by atoms with van der Waals surface area (Å²) < 4.78 is 0. The quantitative estimate of drug-likeness (QED) is 0.510. The molecule has 0 atom stereocenters. The highest BCUT2D eigenvalue weighted by Crippen LogP contribution is 2.18. The van der Waals surface area contributed by atoms with Crippen LogP contribution in [0.2, 0.25) is 0 Å². The zero-order valence-corrected chi connectivity index (χ0v) is 17.6. The van der Waals surface area contributed by atoms with Gasteiger partial charge in [-0.1, -0.05) is 60.7 Å². The highest BCUT2D eigenvalue weighted by molar-refractivity contribution is 5.92. The van der Waals surface area contributed by atoms with Crippen LogP contribution in [-0.2, 0) is 20.8 Å². The van der Waals surface area contributed by atoms with Crippen LogP contribution in [0.25, 0.3) is 6.08 Å².